The van der Waals surface area contributed by atoms with Crippen molar-refractivity contribution in [3.63, 3.8) is 0 Å². The van der Waals surface area contributed by atoms with Gasteiger partial charge in [-0.05, 0) is 23.3 Å². The molecule has 0 N–H and O–H groups in total. The van der Waals surface area contributed by atoms with Gasteiger partial charge in [-0.25, -0.2) is 4.39 Å². The Kier molecular flexibility index (Phi) is 5.03. The number of nitrogens with zero attached hydrogens (tertiary/aromatic N) is 3. The van der Waals surface area contributed by atoms with Crippen LogP contribution in [0.4, 0.5) is 4.39 Å². The smallest absolute Gasteiger partial charge is 0.192 e. The minimum absolute atomic E-state index is 0.0729. The van der Waals surface area contributed by atoms with Crippen molar-refractivity contribution in [2.24, 2.45) is 7.05 Å². The maximum absolute atomic E-state index is 14.2. The van der Waals surface area contributed by atoms with Crippen LogP contribution in [0.15, 0.2) is 90.1 Å². The van der Waals surface area contributed by atoms with E-state index in [1.54, 1.807) is 30.0 Å². The summed E-state index contributed by atoms with van der Waals surface area (Å²) in [5.74, 6) is 0.225. The van der Waals surface area contributed by atoms with E-state index >= 15 is 0 Å². The molecule has 3 aromatic carbocycles. The summed E-state index contributed by atoms with van der Waals surface area (Å²) in [6, 6.07) is 27.2. The quantitative estimate of drug-likeness (QED) is 0.431. The lowest BCUT2D eigenvalue weighted by molar-refractivity contribution is 0.628. The van der Waals surface area contributed by atoms with Gasteiger partial charge in [-0.15, -0.1) is 10.2 Å². The van der Waals surface area contributed by atoms with Gasteiger partial charge >= 0.3 is 0 Å². The molecule has 3 nitrogen and oxygen atoms in total. The Morgan fingerprint density at radius 1 is 0.778 bits per heavy atom. The van der Waals surface area contributed by atoms with E-state index in [1.165, 1.54) is 17.2 Å². The summed E-state index contributed by atoms with van der Waals surface area (Å²) in [6.07, 6.45) is 0. The molecule has 1 aromatic heterocycles. The summed E-state index contributed by atoms with van der Waals surface area (Å²) in [5, 5.41) is 9.39. The molecule has 0 radical (unpaired) electrons. The van der Waals surface area contributed by atoms with E-state index in [1.807, 2.05) is 48.0 Å². The Bertz CT molecular complexity index is 992. The molecule has 0 unspecified atom stereocenters. The Hall–Kier alpha value is -2.92. The van der Waals surface area contributed by atoms with Crippen LogP contribution < -0.4 is 0 Å². The van der Waals surface area contributed by atoms with E-state index in [-0.39, 0.29) is 11.1 Å². The van der Waals surface area contributed by atoms with Gasteiger partial charge in [0.1, 0.15) is 5.82 Å². The average Bonchev–Trinajstić information content (AvgIpc) is 3.08. The van der Waals surface area contributed by atoms with Crippen molar-refractivity contribution in [2.75, 3.05) is 0 Å². The number of thioether (sulfide) groups is 1. The van der Waals surface area contributed by atoms with Crippen molar-refractivity contribution in [2.45, 2.75) is 10.4 Å². The summed E-state index contributed by atoms with van der Waals surface area (Å²) in [6.45, 7) is 0. The molecular weight excluding hydrogens is 357 g/mol. The van der Waals surface area contributed by atoms with Crippen LogP contribution in [0.5, 0.6) is 0 Å². The van der Waals surface area contributed by atoms with E-state index in [0.717, 1.165) is 5.16 Å². The highest BCUT2D eigenvalue weighted by Gasteiger charge is 2.21. The molecule has 0 amide bonds. The predicted octanol–water partition coefficient (Wildman–Crippen LogP) is 5.50. The molecule has 0 saturated heterocycles. The molecule has 0 bridgehead atoms. The maximum atomic E-state index is 14.2. The fourth-order valence-corrected chi connectivity index (χ4v) is 4.11. The largest absolute Gasteiger partial charge is 0.305 e. The number of aromatic nitrogens is 3. The van der Waals surface area contributed by atoms with E-state index in [0.29, 0.717) is 11.4 Å². The minimum atomic E-state index is -0.299. The van der Waals surface area contributed by atoms with Crippen LogP contribution >= 0.6 is 11.8 Å². The van der Waals surface area contributed by atoms with Crippen molar-refractivity contribution in [3.05, 3.63) is 102 Å². The van der Waals surface area contributed by atoms with Crippen LogP contribution in [0.1, 0.15) is 16.4 Å². The highest BCUT2D eigenvalue weighted by molar-refractivity contribution is 7.99. The molecule has 4 rings (SSSR count). The first-order chi connectivity index (χ1) is 13.2. The molecule has 0 saturated carbocycles. The number of halogens is 1. The maximum Gasteiger partial charge on any atom is 0.192 e. The molecule has 134 valence electrons. The first-order valence-electron chi connectivity index (χ1n) is 8.65. The fraction of sp³-hybridized carbons (Fsp3) is 0.0909. The second kappa shape index (κ2) is 7.76. The van der Waals surface area contributed by atoms with Crippen LogP contribution in [-0.4, -0.2) is 14.8 Å². The summed E-state index contributed by atoms with van der Waals surface area (Å²) in [5.41, 5.74) is 2.82. The molecule has 0 fully saturated rings. The number of rotatable bonds is 5. The molecule has 0 spiro atoms. The Morgan fingerprint density at radius 2 is 1.33 bits per heavy atom. The second-order valence-corrected chi connectivity index (χ2v) is 7.24. The molecular formula is C22H18FN3S. The van der Waals surface area contributed by atoms with Crippen LogP contribution in [0.2, 0.25) is 0 Å². The minimum Gasteiger partial charge on any atom is -0.305 e. The second-order valence-electron chi connectivity index (χ2n) is 6.16. The van der Waals surface area contributed by atoms with Gasteiger partial charge in [0, 0.05) is 7.05 Å². The Balaban J connectivity index is 1.72. The topological polar surface area (TPSA) is 30.7 Å². The van der Waals surface area contributed by atoms with Crippen LogP contribution in [0, 0.1) is 5.82 Å². The molecule has 27 heavy (non-hydrogen) atoms. The highest BCUT2D eigenvalue weighted by atomic mass is 32.2. The predicted molar refractivity (Wildman–Crippen MR) is 107 cm³/mol. The van der Waals surface area contributed by atoms with Crippen molar-refractivity contribution >= 4 is 11.8 Å². The third kappa shape index (κ3) is 3.64. The Morgan fingerprint density at radius 3 is 1.93 bits per heavy atom. The zero-order chi connectivity index (χ0) is 18.6. The average molecular weight is 375 g/mol. The van der Waals surface area contributed by atoms with Crippen molar-refractivity contribution in [3.8, 4) is 11.4 Å². The normalized spacial score (nSPS) is 11.1. The van der Waals surface area contributed by atoms with Gasteiger partial charge in [0.05, 0.1) is 10.8 Å². The lowest BCUT2D eigenvalue weighted by atomic mass is 10.0. The van der Waals surface area contributed by atoms with E-state index in [2.05, 4.69) is 34.5 Å². The lowest BCUT2D eigenvalue weighted by Crippen LogP contribution is -2.01. The number of benzene rings is 3. The van der Waals surface area contributed by atoms with Gasteiger partial charge < -0.3 is 4.57 Å². The van der Waals surface area contributed by atoms with Crippen LogP contribution in [-0.2, 0) is 7.05 Å². The molecule has 1 heterocycles. The van der Waals surface area contributed by atoms with Crippen molar-refractivity contribution in [1.29, 1.82) is 0 Å². The van der Waals surface area contributed by atoms with Gasteiger partial charge in [0.15, 0.2) is 11.0 Å². The standard InChI is InChI=1S/C22H18FN3S/c1-26-21(18-14-8-9-15-19(18)23)24-25-22(26)27-20(16-10-4-2-5-11-16)17-12-6-3-7-13-17/h2-15,20H,1H3. The molecule has 5 heteroatoms. The van der Waals surface area contributed by atoms with Crippen molar-refractivity contribution in [1.82, 2.24) is 14.8 Å². The summed E-state index contributed by atoms with van der Waals surface area (Å²) < 4.78 is 16.0. The molecule has 0 atom stereocenters. The lowest BCUT2D eigenvalue weighted by Gasteiger charge is -2.17. The highest BCUT2D eigenvalue weighted by Crippen LogP contribution is 2.40. The molecule has 0 aliphatic rings. The van der Waals surface area contributed by atoms with Gasteiger partial charge in [-0.1, -0.05) is 84.6 Å². The third-order valence-electron chi connectivity index (χ3n) is 4.38. The monoisotopic (exact) mass is 375 g/mol. The Labute approximate surface area is 161 Å². The van der Waals surface area contributed by atoms with E-state index in [9.17, 15) is 4.39 Å². The zero-order valence-electron chi connectivity index (χ0n) is 14.8. The van der Waals surface area contributed by atoms with Gasteiger partial charge in [0.25, 0.3) is 0 Å². The van der Waals surface area contributed by atoms with Gasteiger partial charge in [-0.3, -0.25) is 0 Å². The van der Waals surface area contributed by atoms with E-state index in [4.69, 9.17) is 0 Å². The summed E-state index contributed by atoms with van der Waals surface area (Å²) in [7, 11) is 1.87. The van der Waals surface area contributed by atoms with Gasteiger partial charge in [-0.2, -0.15) is 0 Å². The summed E-state index contributed by atoms with van der Waals surface area (Å²) in [4.78, 5) is 0. The van der Waals surface area contributed by atoms with Gasteiger partial charge in [0.2, 0.25) is 0 Å². The summed E-state index contributed by atoms with van der Waals surface area (Å²) >= 11 is 1.61. The fourth-order valence-electron chi connectivity index (χ4n) is 2.98. The van der Waals surface area contributed by atoms with Crippen LogP contribution in [0.3, 0.4) is 0 Å². The molecule has 0 aliphatic heterocycles. The molecule has 4 aromatic rings. The number of hydrogen-bond acceptors (Lipinski definition) is 3. The molecule has 0 aliphatic carbocycles. The zero-order valence-corrected chi connectivity index (χ0v) is 15.6. The van der Waals surface area contributed by atoms with Crippen LogP contribution in [0.25, 0.3) is 11.4 Å². The SMILES string of the molecule is Cn1c(SC(c2ccccc2)c2ccccc2)nnc1-c1ccccc1F. The first-order valence-corrected chi connectivity index (χ1v) is 9.53. The van der Waals surface area contributed by atoms with E-state index < -0.39 is 0 Å². The first kappa shape index (κ1) is 17.5. The number of hydrogen-bond donors (Lipinski definition) is 0. The van der Waals surface area contributed by atoms with Crippen molar-refractivity contribution < 1.29 is 4.39 Å². The third-order valence-corrected chi connectivity index (χ3v) is 5.72.